The van der Waals surface area contributed by atoms with Crippen LogP contribution in [0.5, 0.6) is 0 Å². The van der Waals surface area contributed by atoms with Crippen LogP contribution in [-0.4, -0.2) is 37.2 Å². The zero-order chi connectivity index (χ0) is 24.0. The molecule has 35 heavy (non-hydrogen) atoms. The van der Waals surface area contributed by atoms with Crippen LogP contribution >= 0.6 is 0 Å². The third-order valence-electron chi connectivity index (χ3n) is 5.94. The molecule has 2 N–H and O–H groups in total. The predicted molar refractivity (Wildman–Crippen MR) is 131 cm³/mol. The summed E-state index contributed by atoms with van der Waals surface area (Å²) in [6.07, 6.45) is 4.14. The van der Waals surface area contributed by atoms with E-state index in [1.807, 2.05) is 54.6 Å². The summed E-state index contributed by atoms with van der Waals surface area (Å²) < 4.78 is 7.73. The van der Waals surface area contributed by atoms with Crippen LogP contribution in [-0.2, 0) is 24.4 Å². The van der Waals surface area contributed by atoms with Gasteiger partial charge in [-0.05, 0) is 41.8 Å². The van der Waals surface area contributed by atoms with Crippen molar-refractivity contribution in [2.45, 2.75) is 39.1 Å². The first kappa shape index (κ1) is 22.7. The van der Waals surface area contributed by atoms with Gasteiger partial charge < -0.3 is 19.9 Å². The van der Waals surface area contributed by atoms with Gasteiger partial charge in [0.15, 0.2) is 11.6 Å². The maximum Gasteiger partial charge on any atom is 0.251 e. The number of anilines is 1. The summed E-state index contributed by atoms with van der Waals surface area (Å²) in [5.41, 5.74) is 4.36. The van der Waals surface area contributed by atoms with Crippen molar-refractivity contribution in [3.05, 3.63) is 89.6 Å². The summed E-state index contributed by atoms with van der Waals surface area (Å²) in [7, 11) is 0. The minimum absolute atomic E-state index is 0.140. The first-order valence-electron chi connectivity index (χ1n) is 11.7. The molecule has 0 radical (unpaired) electrons. The van der Waals surface area contributed by atoms with Crippen LogP contribution in [0, 0.1) is 0 Å². The minimum atomic E-state index is -0.170. The van der Waals surface area contributed by atoms with E-state index in [-0.39, 0.29) is 11.9 Å². The average Bonchev–Trinajstić information content (AvgIpc) is 3.31. The Morgan fingerprint density at radius 3 is 2.91 bits per heavy atom. The second-order valence-electron chi connectivity index (χ2n) is 8.36. The molecule has 1 amide bonds. The van der Waals surface area contributed by atoms with Gasteiger partial charge in [-0.1, -0.05) is 37.3 Å². The third-order valence-corrected chi connectivity index (χ3v) is 5.94. The maximum atomic E-state index is 13.0. The molecule has 4 aromatic rings. The number of nitrogens with one attached hydrogen (secondary N) is 2. The van der Waals surface area contributed by atoms with Crippen molar-refractivity contribution < 1.29 is 9.53 Å². The van der Waals surface area contributed by atoms with E-state index in [9.17, 15) is 4.79 Å². The first-order chi connectivity index (χ1) is 17.2. The molecular weight excluding hydrogens is 442 g/mol. The molecule has 9 heteroatoms. The molecule has 0 bridgehead atoms. The Hall–Kier alpha value is -4.11. The van der Waals surface area contributed by atoms with Crippen LogP contribution < -0.4 is 10.6 Å². The number of hydrogen-bond acceptors (Lipinski definition) is 7. The van der Waals surface area contributed by atoms with Crippen molar-refractivity contribution in [3.8, 4) is 11.5 Å². The van der Waals surface area contributed by atoms with E-state index in [0.29, 0.717) is 31.1 Å². The smallest absolute Gasteiger partial charge is 0.251 e. The lowest BCUT2D eigenvalue weighted by atomic mass is 9.99. The Bertz CT molecular complexity index is 1310. The third kappa shape index (κ3) is 5.04. The number of nitrogens with zero attached hydrogens (tertiary/aromatic N) is 5. The molecule has 0 spiro atoms. The number of ether oxygens (including phenoxy) is 1. The zero-order valence-corrected chi connectivity index (χ0v) is 19.5. The van der Waals surface area contributed by atoms with Gasteiger partial charge in [0.1, 0.15) is 12.0 Å². The molecule has 2 aromatic heterocycles. The number of hydrogen-bond donors (Lipinski definition) is 2. The molecule has 178 valence electrons. The van der Waals surface area contributed by atoms with Gasteiger partial charge in [0.25, 0.3) is 5.91 Å². The Morgan fingerprint density at radius 1 is 1.14 bits per heavy atom. The van der Waals surface area contributed by atoms with E-state index in [0.717, 1.165) is 41.3 Å². The highest BCUT2D eigenvalue weighted by Gasteiger charge is 2.22. The Morgan fingerprint density at radius 2 is 2.06 bits per heavy atom. The number of rotatable bonds is 8. The van der Waals surface area contributed by atoms with Gasteiger partial charge in [0, 0.05) is 24.0 Å². The van der Waals surface area contributed by atoms with Crippen LogP contribution in [0.3, 0.4) is 0 Å². The molecular formula is C26H27N7O2. The fourth-order valence-electron chi connectivity index (χ4n) is 4.23. The van der Waals surface area contributed by atoms with E-state index >= 15 is 0 Å². The summed E-state index contributed by atoms with van der Waals surface area (Å²) in [5.74, 6) is 1.37. The molecule has 1 atom stereocenters. The van der Waals surface area contributed by atoms with Crippen LogP contribution in [0.2, 0.25) is 0 Å². The lowest BCUT2D eigenvalue weighted by Gasteiger charge is -2.26. The zero-order valence-electron chi connectivity index (χ0n) is 19.5. The fraction of sp³-hybridized carbons (Fsp3) is 0.269. The molecule has 1 aliphatic heterocycles. The van der Waals surface area contributed by atoms with Crippen LogP contribution in [0.1, 0.15) is 46.7 Å². The normalized spacial score (nSPS) is 14.8. The molecule has 0 saturated carbocycles. The van der Waals surface area contributed by atoms with E-state index in [2.05, 4.69) is 42.3 Å². The molecule has 3 heterocycles. The summed E-state index contributed by atoms with van der Waals surface area (Å²) >= 11 is 0. The van der Waals surface area contributed by atoms with E-state index in [4.69, 9.17) is 4.74 Å². The van der Waals surface area contributed by atoms with Crippen molar-refractivity contribution in [2.75, 3.05) is 11.9 Å². The largest absolute Gasteiger partial charge is 0.378 e. The monoisotopic (exact) mass is 469 g/mol. The predicted octanol–water partition coefficient (Wildman–Crippen LogP) is 3.76. The number of carbonyl (C=O) groups is 1. The van der Waals surface area contributed by atoms with Gasteiger partial charge in [-0.2, -0.15) is 0 Å². The lowest BCUT2D eigenvalue weighted by Crippen LogP contribution is -2.34. The van der Waals surface area contributed by atoms with Crippen molar-refractivity contribution >= 4 is 11.6 Å². The number of fused-ring (bicyclic) bond motifs is 1. The van der Waals surface area contributed by atoms with Crippen LogP contribution in [0.15, 0.2) is 67.1 Å². The first-order valence-corrected chi connectivity index (χ1v) is 11.7. The summed E-state index contributed by atoms with van der Waals surface area (Å²) in [6, 6.07) is 17.2. The van der Waals surface area contributed by atoms with E-state index in [1.54, 1.807) is 6.20 Å². The van der Waals surface area contributed by atoms with Gasteiger partial charge in [0.2, 0.25) is 0 Å². The van der Waals surface area contributed by atoms with Crippen molar-refractivity contribution in [1.29, 1.82) is 0 Å². The average molecular weight is 470 g/mol. The topological polar surface area (TPSA) is 107 Å². The summed E-state index contributed by atoms with van der Waals surface area (Å²) in [4.78, 5) is 21.3. The van der Waals surface area contributed by atoms with Gasteiger partial charge in [0.05, 0.1) is 25.8 Å². The molecule has 9 nitrogen and oxygen atoms in total. The number of carbonyl (C=O) groups excluding carboxylic acids is 1. The molecule has 0 fully saturated rings. The molecule has 5 rings (SSSR count). The molecule has 1 aliphatic rings. The van der Waals surface area contributed by atoms with Gasteiger partial charge >= 0.3 is 0 Å². The van der Waals surface area contributed by atoms with E-state index < -0.39 is 0 Å². The van der Waals surface area contributed by atoms with Crippen LogP contribution in [0.25, 0.3) is 11.5 Å². The molecule has 0 saturated heterocycles. The number of amides is 1. The van der Waals surface area contributed by atoms with Crippen molar-refractivity contribution in [1.82, 2.24) is 30.0 Å². The second-order valence-corrected chi connectivity index (χ2v) is 8.36. The van der Waals surface area contributed by atoms with E-state index in [1.165, 1.54) is 6.33 Å². The summed E-state index contributed by atoms with van der Waals surface area (Å²) in [5, 5.41) is 15.2. The Balaban J connectivity index is 1.28. The SMILES string of the molecule is CCCn1c(CNc2cccc(C(=O)N[C@H]3COCc4ccccc43)c2)nnc1-c1ccncn1. The van der Waals surface area contributed by atoms with Crippen molar-refractivity contribution in [2.24, 2.45) is 0 Å². The highest BCUT2D eigenvalue weighted by molar-refractivity contribution is 5.95. The minimum Gasteiger partial charge on any atom is -0.378 e. The summed E-state index contributed by atoms with van der Waals surface area (Å²) in [6.45, 7) is 4.38. The van der Waals surface area contributed by atoms with Crippen LogP contribution in [0.4, 0.5) is 5.69 Å². The fourth-order valence-corrected chi connectivity index (χ4v) is 4.23. The Labute approximate surface area is 203 Å². The quantitative estimate of drug-likeness (QED) is 0.405. The Kier molecular flexibility index (Phi) is 6.76. The van der Waals surface area contributed by atoms with Gasteiger partial charge in [-0.3, -0.25) is 4.79 Å². The maximum absolute atomic E-state index is 13.0. The molecule has 2 aromatic carbocycles. The molecule has 0 aliphatic carbocycles. The number of aromatic nitrogens is 5. The molecule has 0 unspecified atom stereocenters. The van der Waals surface area contributed by atoms with Gasteiger partial charge in [-0.15, -0.1) is 10.2 Å². The van der Waals surface area contributed by atoms with Gasteiger partial charge in [-0.25, -0.2) is 9.97 Å². The van der Waals surface area contributed by atoms with Crippen molar-refractivity contribution in [3.63, 3.8) is 0 Å². The standard InChI is InChI=1S/C26H27N7O2/c1-2-12-33-24(31-32-25(33)22-10-11-27-17-29-22)14-28-20-8-5-7-18(13-20)26(34)30-23-16-35-15-19-6-3-4-9-21(19)23/h3-11,13,17,23,28H,2,12,14-16H2,1H3,(H,30,34)/t23-/m0/s1. The number of benzene rings is 2. The lowest BCUT2D eigenvalue weighted by molar-refractivity contribution is 0.0708. The second kappa shape index (κ2) is 10.4. The highest BCUT2D eigenvalue weighted by atomic mass is 16.5. The highest BCUT2D eigenvalue weighted by Crippen LogP contribution is 2.25.